The van der Waals surface area contributed by atoms with E-state index in [2.05, 4.69) is 15.9 Å². The average molecular weight is 233 g/mol. The van der Waals surface area contributed by atoms with Gasteiger partial charge >= 0.3 is 0 Å². The summed E-state index contributed by atoms with van der Waals surface area (Å²) in [7, 11) is 0. The lowest BCUT2D eigenvalue weighted by Gasteiger charge is -1.94. The van der Waals surface area contributed by atoms with Crippen LogP contribution in [0.15, 0.2) is 15.2 Å². The van der Waals surface area contributed by atoms with Crippen LogP contribution in [0.5, 0.6) is 0 Å². The Morgan fingerprint density at radius 1 is 1.64 bits per heavy atom. The number of thiophene rings is 1. The number of Topliss-reactive ketones (excluding diaryl/α,β-unsaturated/α-hetero) is 1. The highest BCUT2D eigenvalue weighted by Gasteiger charge is 2.08. The van der Waals surface area contributed by atoms with Gasteiger partial charge in [-0.2, -0.15) is 11.3 Å². The SMILES string of the molecule is CCCC(=O)c1cscc1Br. The van der Waals surface area contributed by atoms with E-state index >= 15 is 0 Å². The summed E-state index contributed by atoms with van der Waals surface area (Å²) in [6.07, 6.45) is 1.57. The monoisotopic (exact) mass is 232 g/mol. The van der Waals surface area contributed by atoms with E-state index in [4.69, 9.17) is 0 Å². The zero-order chi connectivity index (χ0) is 8.27. The summed E-state index contributed by atoms with van der Waals surface area (Å²) in [5.41, 5.74) is 0.830. The summed E-state index contributed by atoms with van der Waals surface area (Å²) in [4.78, 5) is 11.3. The van der Waals surface area contributed by atoms with Crippen molar-refractivity contribution in [1.82, 2.24) is 0 Å². The lowest BCUT2D eigenvalue weighted by Crippen LogP contribution is -1.95. The number of hydrogen-bond donors (Lipinski definition) is 0. The quantitative estimate of drug-likeness (QED) is 0.730. The maximum atomic E-state index is 11.3. The van der Waals surface area contributed by atoms with Gasteiger partial charge in [-0.25, -0.2) is 0 Å². The first-order valence-electron chi connectivity index (χ1n) is 3.50. The number of ketones is 1. The van der Waals surface area contributed by atoms with Gasteiger partial charge in [0.1, 0.15) is 0 Å². The van der Waals surface area contributed by atoms with Gasteiger partial charge in [0.25, 0.3) is 0 Å². The Bertz CT molecular complexity index is 254. The average Bonchev–Trinajstić information content (AvgIpc) is 2.36. The summed E-state index contributed by atoms with van der Waals surface area (Å²) in [5.74, 6) is 0.237. The normalized spacial score (nSPS) is 10.0. The van der Waals surface area contributed by atoms with Gasteiger partial charge in [-0.1, -0.05) is 6.92 Å². The first-order chi connectivity index (χ1) is 5.25. The highest BCUT2D eigenvalue weighted by atomic mass is 79.9. The molecule has 0 fully saturated rings. The van der Waals surface area contributed by atoms with E-state index in [0.29, 0.717) is 6.42 Å². The van der Waals surface area contributed by atoms with Crippen molar-refractivity contribution < 1.29 is 4.79 Å². The minimum Gasteiger partial charge on any atom is -0.294 e. The van der Waals surface area contributed by atoms with E-state index in [0.717, 1.165) is 16.5 Å². The molecule has 60 valence electrons. The molecule has 0 aromatic carbocycles. The number of carbonyl (C=O) groups excluding carboxylic acids is 1. The Balaban J connectivity index is 2.76. The van der Waals surface area contributed by atoms with E-state index < -0.39 is 0 Å². The van der Waals surface area contributed by atoms with E-state index in [1.165, 1.54) is 0 Å². The van der Waals surface area contributed by atoms with Gasteiger partial charge in [0.2, 0.25) is 0 Å². The van der Waals surface area contributed by atoms with Crippen molar-refractivity contribution in [1.29, 1.82) is 0 Å². The molecule has 0 N–H and O–H groups in total. The fourth-order valence-electron chi connectivity index (χ4n) is 0.842. The van der Waals surface area contributed by atoms with Gasteiger partial charge in [0, 0.05) is 27.2 Å². The maximum Gasteiger partial charge on any atom is 0.164 e. The molecule has 0 aliphatic heterocycles. The molecule has 1 heterocycles. The molecule has 0 radical (unpaired) electrons. The van der Waals surface area contributed by atoms with Crippen molar-refractivity contribution in [2.24, 2.45) is 0 Å². The predicted octanol–water partition coefficient (Wildman–Crippen LogP) is 3.49. The molecule has 0 saturated carbocycles. The second-order valence-electron chi connectivity index (χ2n) is 2.31. The third-order valence-corrected chi connectivity index (χ3v) is 3.09. The third-order valence-electron chi connectivity index (χ3n) is 1.39. The van der Waals surface area contributed by atoms with Crippen molar-refractivity contribution in [2.75, 3.05) is 0 Å². The van der Waals surface area contributed by atoms with Crippen LogP contribution in [0.1, 0.15) is 30.1 Å². The first kappa shape index (κ1) is 8.94. The van der Waals surface area contributed by atoms with Crippen molar-refractivity contribution in [2.45, 2.75) is 19.8 Å². The summed E-state index contributed by atoms with van der Waals surface area (Å²) >= 11 is 4.88. The first-order valence-corrected chi connectivity index (χ1v) is 5.24. The van der Waals surface area contributed by atoms with E-state index in [9.17, 15) is 4.79 Å². The highest BCUT2D eigenvalue weighted by molar-refractivity contribution is 9.10. The molecule has 3 heteroatoms. The van der Waals surface area contributed by atoms with E-state index in [-0.39, 0.29) is 5.78 Å². The van der Waals surface area contributed by atoms with Crippen LogP contribution in [0.4, 0.5) is 0 Å². The summed E-state index contributed by atoms with van der Waals surface area (Å²) in [5, 5.41) is 3.82. The van der Waals surface area contributed by atoms with E-state index in [1.54, 1.807) is 11.3 Å². The zero-order valence-electron chi connectivity index (χ0n) is 6.26. The second-order valence-corrected chi connectivity index (χ2v) is 3.90. The molecule has 1 aromatic heterocycles. The van der Waals surface area contributed by atoms with Crippen molar-refractivity contribution in [3.8, 4) is 0 Å². The standard InChI is InChI=1S/C8H9BrOS/c1-2-3-8(10)6-4-11-5-7(6)9/h4-5H,2-3H2,1H3. The Morgan fingerprint density at radius 2 is 2.36 bits per heavy atom. The Hall–Kier alpha value is -0.150. The smallest absolute Gasteiger partial charge is 0.164 e. The van der Waals surface area contributed by atoms with Gasteiger partial charge < -0.3 is 0 Å². The van der Waals surface area contributed by atoms with Crippen molar-refractivity contribution >= 4 is 33.0 Å². The molecule has 11 heavy (non-hydrogen) atoms. The molecule has 1 rings (SSSR count). The van der Waals surface area contributed by atoms with Crippen LogP contribution in [0.25, 0.3) is 0 Å². The van der Waals surface area contributed by atoms with Crippen LogP contribution >= 0.6 is 27.3 Å². The highest BCUT2D eigenvalue weighted by Crippen LogP contribution is 2.22. The van der Waals surface area contributed by atoms with Crippen LogP contribution in [0, 0.1) is 0 Å². The molecule has 0 atom stereocenters. The van der Waals surface area contributed by atoms with Crippen molar-refractivity contribution in [3.63, 3.8) is 0 Å². The molecule has 0 aliphatic carbocycles. The number of halogens is 1. The Kier molecular flexibility index (Phi) is 3.27. The predicted molar refractivity (Wildman–Crippen MR) is 51.3 cm³/mol. The van der Waals surface area contributed by atoms with Crippen LogP contribution in [-0.4, -0.2) is 5.78 Å². The van der Waals surface area contributed by atoms with Gasteiger partial charge in [-0.3, -0.25) is 4.79 Å². The molecule has 0 saturated heterocycles. The largest absolute Gasteiger partial charge is 0.294 e. The molecule has 0 amide bonds. The summed E-state index contributed by atoms with van der Waals surface area (Å²) in [6, 6.07) is 0. The minimum atomic E-state index is 0.237. The molecular weight excluding hydrogens is 224 g/mol. The summed E-state index contributed by atoms with van der Waals surface area (Å²) < 4.78 is 0.931. The molecule has 0 spiro atoms. The van der Waals surface area contributed by atoms with Crippen LogP contribution in [0.3, 0.4) is 0 Å². The summed E-state index contributed by atoms with van der Waals surface area (Å²) in [6.45, 7) is 2.01. The van der Waals surface area contributed by atoms with Crippen molar-refractivity contribution in [3.05, 3.63) is 20.8 Å². The van der Waals surface area contributed by atoms with Crippen LogP contribution in [-0.2, 0) is 0 Å². The fourth-order valence-corrected chi connectivity index (χ4v) is 2.36. The Morgan fingerprint density at radius 3 is 2.82 bits per heavy atom. The molecule has 0 unspecified atom stereocenters. The molecule has 1 aromatic rings. The molecular formula is C8H9BrOS. The zero-order valence-corrected chi connectivity index (χ0v) is 8.67. The fraction of sp³-hybridized carbons (Fsp3) is 0.375. The third kappa shape index (κ3) is 2.14. The lowest BCUT2D eigenvalue weighted by atomic mass is 10.1. The van der Waals surface area contributed by atoms with Gasteiger partial charge in [0.15, 0.2) is 5.78 Å². The van der Waals surface area contributed by atoms with Crippen LogP contribution in [0.2, 0.25) is 0 Å². The topological polar surface area (TPSA) is 17.1 Å². The second kappa shape index (κ2) is 4.02. The van der Waals surface area contributed by atoms with Crippen LogP contribution < -0.4 is 0 Å². The number of rotatable bonds is 3. The Labute approximate surface area is 78.6 Å². The molecule has 0 bridgehead atoms. The van der Waals surface area contributed by atoms with Gasteiger partial charge in [-0.15, -0.1) is 0 Å². The molecule has 1 nitrogen and oxygen atoms in total. The minimum absolute atomic E-state index is 0.237. The van der Waals surface area contributed by atoms with Gasteiger partial charge in [-0.05, 0) is 22.4 Å². The number of carbonyl (C=O) groups is 1. The number of hydrogen-bond acceptors (Lipinski definition) is 2. The lowest BCUT2D eigenvalue weighted by molar-refractivity contribution is 0.0981. The molecule has 0 aliphatic rings. The van der Waals surface area contributed by atoms with Gasteiger partial charge in [0.05, 0.1) is 0 Å². The maximum absolute atomic E-state index is 11.3. The van der Waals surface area contributed by atoms with E-state index in [1.807, 2.05) is 17.7 Å².